The van der Waals surface area contributed by atoms with Gasteiger partial charge in [-0.15, -0.1) is 0 Å². The zero-order chi connectivity index (χ0) is 34.3. The van der Waals surface area contributed by atoms with E-state index in [2.05, 4.69) is 44.2 Å². The number of carbonyl (C=O) groups excluding carboxylic acids is 2. The van der Waals surface area contributed by atoms with Crippen molar-refractivity contribution in [2.45, 2.75) is 155 Å². The van der Waals surface area contributed by atoms with E-state index in [1.165, 1.54) is 83.5 Å². The minimum atomic E-state index is -0.806. The van der Waals surface area contributed by atoms with Crippen molar-refractivity contribution < 1.29 is 24.2 Å². The molecule has 0 radical (unpaired) electrons. The smallest absolute Gasteiger partial charge is 0.306 e. The highest BCUT2D eigenvalue weighted by atomic mass is 16.6. The maximum Gasteiger partial charge on any atom is 0.306 e. The predicted octanol–water partition coefficient (Wildman–Crippen LogP) is 11.6. The SMILES string of the molecule is CC/C=C/C=C/C=C/C=C/C=C/CCCC(=O)OCC(CO)OC(=O)CCCCCCCCCCCC/C=C/C=C/CCCCCC. The summed E-state index contributed by atoms with van der Waals surface area (Å²) < 4.78 is 10.5. The van der Waals surface area contributed by atoms with Gasteiger partial charge in [-0.2, -0.15) is 0 Å². The Kier molecular flexibility index (Phi) is 35.2. The van der Waals surface area contributed by atoms with Crippen molar-refractivity contribution in [2.24, 2.45) is 0 Å². The lowest BCUT2D eigenvalue weighted by molar-refractivity contribution is -0.161. The van der Waals surface area contributed by atoms with Crippen LogP contribution in [-0.2, 0) is 19.1 Å². The minimum Gasteiger partial charge on any atom is -0.462 e. The Morgan fingerprint density at radius 2 is 0.936 bits per heavy atom. The first-order chi connectivity index (χ1) is 23.1. The molecule has 1 N–H and O–H groups in total. The van der Waals surface area contributed by atoms with Gasteiger partial charge in [-0.3, -0.25) is 9.59 Å². The summed E-state index contributed by atoms with van der Waals surface area (Å²) >= 11 is 0. The minimum absolute atomic E-state index is 0.109. The Hall–Kier alpha value is -2.92. The summed E-state index contributed by atoms with van der Waals surface area (Å²) in [5, 5.41) is 9.53. The van der Waals surface area contributed by atoms with Crippen molar-refractivity contribution in [3.63, 3.8) is 0 Å². The zero-order valence-electron chi connectivity index (χ0n) is 30.0. The summed E-state index contributed by atoms with van der Waals surface area (Å²) in [6.45, 7) is 3.89. The van der Waals surface area contributed by atoms with E-state index in [4.69, 9.17) is 9.47 Å². The van der Waals surface area contributed by atoms with Crippen LogP contribution in [0.3, 0.4) is 0 Å². The molecule has 5 heteroatoms. The van der Waals surface area contributed by atoms with E-state index >= 15 is 0 Å². The van der Waals surface area contributed by atoms with Crippen molar-refractivity contribution in [1.82, 2.24) is 0 Å². The summed E-state index contributed by atoms with van der Waals surface area (Å²) in [5.41, 5.74) is 0. The quantitative estimate of drug-likeness (QED) is 0.0445. The summed E-state index contributed by atoms with van der Waals surface area (Å²) in [7, 11) is 0. The molecule has 0 saturated carbocycles. The van der Waals surface area contributed by atoms with Crippen LogP contribution in [-0.4, -0.2) is 36.4 Å². The van der Waals surface area contributed by atoms with Crippen LogP contribution in [0, 0.1) is 0 Å². The number of unbranched alkanes of at least 4 members (excludes halogenated alkanes) is 15. The largest absolute Gasteiger partial charge is 0.462 e. The number of allylic oxidation sites excluding steroid dienone is 14. The summed E-state index contributed by atoms with van der Waals surface area (Å²) in [5.74, 6) is -0.690. The monoisotopic (exact) mass is 653 g/mol. The zero-order valence-corrected chi connectivity index (χ0v) is 30.0. The lowest BCUT2D eigenvalue weighted by Gasteiger charge is -2.15. The topological polar surface area (TPSA) is 72.8 Å². The van der Waals surface area contributed by atoms with Gasteiger partial charge < -0.3 is 14.6 Å². The van der Waals surface area contributed by atoms with Crippen LogP contribution in [0.25, 0.3) is 0 Å². The number of hydrogen-bond acceptors (Lipinski definition) is 5. The average Bonchev–Trinajstić information content (AvgIpc) is 3.07. The van der Waals surface area contributed by atoms with Gasteiger partial charge in [0, 0.05) is 12.8 Å². The van der Waals surface area contributed by atoms with E-state index in [0.29, 0.717) is 12.8 Å². The van der Waals surface area contributed by atoms with E-state index in [-0.39, 0.29) is 31.6 Å². The van der Waals surface area contributed by atoms with Gasteiger partial charge in [0.25, 0.3) is 0 Å². The van der Waals surface area contributed by atoms with Gasteiger partial charge in [0.1, 0.15) is 6.61 Å². The Morgan fingerprint density at radius 3 is 1.47 bits per heavy atom. The summed E-state index contributed by atoms with van der Waals surface area (Å²) in [6.07, 6.45) is 50.8. The third kappa shape index (κ3) is 35.8. The van der Waals surface area contributed by atoms with Crippen LogP contribution in [0.2, 0.25) is 0 Å². The van der Waals surface area contributed by atoms with Crippen molar-refractivity contribution >= 4 is 11.9 Å². The molecule has 1 atom stereocenters. The Bertz CT molecular complexity index is 921. The molecule has 0 rings (SSSR count). The maximum atomic E-state index is 12.2. The highest BCUT2D eigenvalue weighted by Crippen LogP contribution is 2.13. The standard InChI is InChI=1S/C42H68O5/c1-3-5-7-9-11-13-15-17-18-19-20-21-22-23-25-27-29-31-33-35-37-42(45)47-40(38-43)39-46-41(44)36-34-32-30-28-26-24-16-14-12-10-8-6-4-2/h6,8,10,12-18,24,26,28,30,40,43H,3-5,7,9,11,19-23,25,27,29,31-39H2,1-2H3/b8-6+,12-10+,15-13+,16-14+,18-17+,26-24+,30-28+. The molecule has 0 aliphatic heterocycles. The van der Waals surface area contributed by atoms with Crippen LogP contribution < -0.4 is 0 Å². The molecular formula is C42H68O5. The van der Waals surface area contributed by atoms with Crippen LogP contribution in [0.1, 0.15) is 149 Å². The van der Waals surface area contributed by atoms with Gasteiger partial charge in [0.05, 0.1) is 6.61 Å². The Balaban J connectivity index is 3.67. The van der Waals surface area contributed by atoms with Gasteiger partial charge in [0.2, 0.25) is 0 Å². The first-order valence-corrected chi connectivity index (χ1v) is 18.7. The van der Waals surface area contributed by atoms with E-state index < -0.39 is 6.10 Å². The maximum absolute atomic E-state index is 12.2. The normalized spacial score (nSPS) is 13.2. The second-order valence-corrected chi connectivity index (χ2v) is 12.1. The van der Waals surface area contributed by atoms with Crippen molar-refractivity contribution in [3.8, 4) is 0 Å². The molecule has 0 fully saturated rings. The molecule has 0 aromatic carbocycles. The highest BCUT2D eigenvalue weighted by molar-refractivity contribution is 5.70. The van der Waals surface area contributed by atoms with E-state index in [1.54, 1.807) is 0 Å². The fraction of sp³-hybridized carbons (Fsp3) is 0.619. The first kappa shape index (κ1) is 44.1. The third-order valence-corrected chi connectivity index (χ3v) is 7.58. The molecule has 0 bridgehead atoms. The van der Waals surface area contributed by atoms with Crippen LogP contribution in [0.5, 0.6) is 0 Å². The molecule has 0 aliphatic rings. The summed E-state index contributed by atoms with van der Waals surface area (Å²) in [6, 6.07) is 0. The highest BCUT2D eigenvalue weighted by Gasteiger charge is 2.16. The molecule has 0 saturated heterocycles. The molecular weight excluding hydrogens is 584 g/mol. The van der Waals surface area contributed by atoms with Crippen LogP contribution in [0.4, 0.5) is 0 Å². The van der Waals surface area contributed by atoms with Gasteiger partial charge in [-0.25, -0.2) is 0 Å². The lowest BCUT2D eigenvalue weighted by Crippen LogP contribution is -2.28. The fourth-order valence-electron chi connectivity index (χ4n) is 4.75. The average molecular weight is 653 g/mol. The van der Waals surface area contributed by atoms with Crippen molar-refractivity contribution in [3.05, 3.63) is 85.1 Å². The van der Waals surface area contributed by atoms with Gasteiger partial charge in [-0.05, 0) is 51.4 Å². The first-order valence-electron chi connectivity index (χ1n) is 18.7. The van der Waals surface area contributed by atoms with E-state index in [9.17, 15) is 14.7 Å². The molecule has 0 amide bonds. The number of aliphatic hydroxyl groups is 1. The molecule has 0 aromatic heterocycles. The second-order valence-electron chi connectivity index (χ2n) is 12.1. The lowest BCUT2D eigenvalue weighted by atomic mass is 10.1. The molecule has 0 spiro atoms. The van der Waals surface area contributed by atoms with Gasteiger partial charge >= 0.3 is 11.9 Å². The van der Waals surface area contributed by atoms with E-state index in [1.807, 2.05) is 54.7 Å². The molecule has 0 aromatic rings. The van der Waals surface area contributed by atoms with Crippen molar-refractivity contribution in [1.29, 1.82) is 0 Å². The number of ether oxygens (including phenoxy) is 2. The number of aliphatic hydroxyl groups excluding tert-OH is 1. The molecule has 266 valence electrons. The predicted molar refractivity (Wildman–Crippen MR) is 200 cm³/mol. The van der Waals surface area contributed by atoms with Gasteiger partial charge in [-0.1, -0.05) is 170 Å². The second kappa shape index (κ2) is 37.5. The van der Waals surface area contributed by atoms with Crippen molar-refractivity contribution in [2.75, 3.05) is 13.2 Å². The number of hydrogen-bond donors (Lipinski definition) is 1. The third-order valence-electron chi connectivity index (χ3n) is 7.58. The summed E-state index contributed by atoms with van der Waals surface area (Å²) in [4.78, 5) is 24.2. The number of esters is 2. The molecule has 47 heavy (non-hydrogen) atoms. The van der Waals surface area contributed by atoms with Gasteiger partial charge in [0.15, 0.2) is 6.10 Å². The fourth-order valence-corrected chi connectivity index (χ4v) is 4.75. The molecule has 1 unspecified atom stereocenters. The Morgan fingerprint density at radius 1 is 0.511 bits per heavy atom. The van der Waals surface area contributed by atoms with E-state index in [0.717, 1.165) is 32.1 Å². The van der Waals surface area contributed by atoms with Crippen LogP contribution >= 0.6 is 0 Å². The Labute approximate surface area is 288 Å². The molecule has 5 nitrogen and oxygen atoms in total. The molecule has 0 heterocycles. The molecule has 0 aliphatic carbocycles. The number of rotatable bonds is 32. The van der Waals surface area contributed by atoms with Crippen LogP contribution in [0.15, 0.2) is 85.1 Å². The number of carbonyl (C=O) groups is 2.